The lowest BCUT2D eigenvalue weighted by atomic mass is 9.67. The quantitative estimate of drug-likeness (QED) is 0.155. The molecule has 0 fully saturated rings. The lowest BCUT2D eigenvalue weighted by molar-refractivity contribution is 0.768. The molecule has 65 heavy (non-hydrogen) atoms. The molecule has 0 N–H and O–H groups in total. The van der Waals surface area contributed by atoms with Crippen LogP contribution in [-0.4, -0.2) is 4.57 Å². The summed E-state index contributed by atoms with van der Waals surface area (Å²) in [6, 6.07) is 94.0. The monoisotopic (exact) mass is 826 g/mol. The van der Waals surface area contributed by atoms with E-state index < -0.39 is 5.41 Å². The van der Waals surface area contributed by atoms with Gasteiger partial charge in [-0.25, -0.2) is 0 Å². The summed E-state index contributed by atoms with van der Waals surface area (Å²) in [6.07, 6.45) is 0. The number of fused-ring (bicyclic) bond motifs is 9. The molecule has 12 aromatic rings. The van der Waals surface area contributed by atoms with Crippen molar-refractivity contribution in [2.24, 2.45) is 0 Å². The van der Waals surface area contributed by atoms with E-state index in [-0.39, 0.29) is 0 Å². The summed E-state index contributed by atoms with van der Waals surface area (Å²) in [5, 5.41) is 7.31. The number of hydrogen-bond acceptors (Lipinski definition) is 1. The van der Waals surface area contributed by atoms with Crippen molar-refractivity contribution in [2.45, 2.75) is 5.41 Å². The van der Waals surface area contributed by atoms with Gasteiger partial charge in [0.1, 0.15) is 0 Å². The molecule has 1 heterocycles. The molecule has 0 spiro atoms. The topological polar surface area (TPSA) is 8.17 Å². The van der Waals surface area contributed by atoms with Gasteiger partial charge in [0, 0.05) is 38.8 Å². The molecule has 1 aliphatic rings. The van der Waals surface area contributed by atoms with Gasteiger partial charge in [0.2, 0.25) is 0 Å². The molecule has 13 rings (SSSR count). The molecule has 11 aromatic carbocycles. The number of rotatable bonds is 7. The zero-order chi connectivity index (χ0) is 42.9. The molecule has 2 heteroatoms. The molecule has 0 saturated heterocycles. The fourth-order valence-electron chi connectivity index (χ4n) is 11.0. The second-order valence-corrected chi connectivity index (χ2v) is 17.2. The molecular weight excluding hydrogens is 785 g/mol. The minimum absolute atomic E-state index is 0.530. The van der Waals surface area contributed by atoms with Gasteiger partial charge in [0.25, 0.3) is 0 Å². The van der Waals surface area contributed by atoms with Crippen molar-refractivity contribution in [3.05, 3.63) is 277 Å². The average molecular weight is 827 g/mol. The zero-order valence-electron chi connectivity index (χ0n) is 35.6. The summed E-state index contributed by atoms with van der Waals surface area (Å²) in [5.74, 6) is 0. The minimum Gasteiger partial charge on any atom is -0.310 e. The van der Waals surface area contributed by atoms with Crippen LogP contribution in [0.3, 0.4) is 0 Å². The van der Waals surface area contributed by atoms with Gasteiger partial charge in [-0.15, -0.1) is 0 Å². The fourth-order valence-corrected chi connectivity index (χ4v) is 11.0. The molecule has 0 amide bonds. The third-order valence-corrected chi connectivity index (χ3v) is 13.8. The molecule has 0 aliphatic heterocycles. The highest BCUT2D eigenvalue weighted by molar-refractivity contribution is 6.19. The van der Waals surface area contributed by atoms with Gasteiger partial charge in [-0.1, -0.05) is 212 Å². The molecule has 2 nitrogen and oxygen atoms in total. The maximum atomic E-state index is 2.52. The summed E-state index contributed by atoms with van der Waals surface area (Å²) < 4.78 is 2.52. The van der Waals surface area contributed by atoms with Crippen LogP contribution in [0.25, 0.3) is 71.3 Å². The number of benzene rings is 11. The molecule has 0 saturated carbocycles. The second-order valence-electron chi connectivity index (χ2n) is 17.2. The summed E-state index contributed by atoms with van der Waals surface area (Å²) in [4.78, 5) is 2.47. The van der Waals surface area contributed by atoms with E-state index in [9.17, 15) is 0 Å². The third kappa shape index (κ3) is 5.67. The van der Waals surface area contributed by atoms with Crippen molar-refractivity contribution >= 4 is 60.4 Å². The summed E-state index contributed by atoms with van der Waals surface area (Å²) >= 11 is 0. The van der Waals surface area contributed by atoms with E-state index in [1.165, 1.54) is 82.3 Å². The SMILES string of the molecule is c1ccc(-c2ccccc2-n2c3cc(N(c4ccc5c(c4)C(c4ccccc4)(c4ccccc4)c4ccccc4-5)c4ccc5ccccc5c4)ccc3c3ccc4ccccc4c32)cc1. The third-order valence-electron chi connectivity index (χ3n) is 13.8. The van der Waals surface area contributed by atoms with E-state index in [0.29, 0.717) is 0 Å². The first-order chi connectivity index (χ1) is 32.3. The van der Waals surface area contributed by atoms with Gasteiger partial charge >= 0.3 is 0 Å². The Bertz CT molecular complexity index is 3730. The van der Waals surface area contributed by atoms with Gasteiger partial charge in [-0.05, 0) is 97.6 Å². The van der Waals surface area contributed by atoms with Crippen molar-refractivity contribution < 1.29 is 0 Å². The molecule has 0 atom stereocenters. The molecule has 1 aliphatic carbocycles. The average Bonchev–Trinajstić information content (AvgIpc) is 3.87. The van der Waals surface area contributed by atoms with Crippen LogP contribution in [-0.2, 0) is 5.41 Å². The molecule has 0 unspecified atom stereocenters. The largest absolute Gasteiger partial charge is 0.310 e. The smallest absolute Gasteiger partial charge is 0.0714 e. The first kappa shape index (κ1) is 37.1. The maximum absolute atomic E-state index is 2.52. The van der Waals surface area contributed by atoms with E-state index in [1.807, 2.05) is 0 Å². The first-order valence-corrected chi connectivity index (χ1v) is 22.5. The number of aromatic nitrogens is 1. The molecule has 0 radical (unpaired) electrons. The van der Waals surface area contributed by atoms with Crippen LogP contribution in [0.2, 0.25) is 0 Å². The normalized spacial score (nSPS) is 12.7. The summed E-state index contributed by atoms with van der Waals surface area (Å²) in [6.45, 7) is 0. The van der Waals surface area contributed by atoms with E-state index >= 15 is 0 Å². The lowest BCUT2D eigenvalue weighted by Gasteiger charge is -2.35. The molecular formula is C63H42N2. The highest BCUT2D eigenvalue weighted by Gasteiger charge is 2.46. The van der Waals surface area contributed by atoms with Crippen molar-refractivity contribution in [2.75, 3.05) is 4.90 Å². The Morgan fingerprint density at radius 3 is 1.65 bits per heavy atom. The van der Waals surface area contributed by atoms with Crippen LogP contribution in [0.1, 0.15) is 22.3 Å². The van der Waals surface area contributed by atoms with Gasteiger partial charge in [0.05, 0.1) is 22.1 Å². The van der Waals surface area contributed by atoms with Crippen LogP contribution in [0.5, 0.6) is 0 Å². The van der Waals surface area contributed by atoms with Crippen LogP contribution < -0.4 is 4.90 Å². The zero-order valence-corrected chi connectivity index (χ0v) is 35.6. The number of hydrogen-bond donors (Lipinski definition) is 0. The first-order valence-electron chi connectivity index (χ1n) is 22.5. The van der Waals surface area contributed by atoms with Crippen molar-refractivity contribution in [3.63, 3.8) is 0 Å². The van der Waals surface area contributed by atoms with Crippen LogP contribution in [0, 0.1) is 0 Å². The second kappa shape index (κ2) is 14.8. The predicted molar refractivity (Wildman–Crippen MR) is 273 cm³/mol. The van der Waals surface area contributed by atoms with E-state index in [0.717, 1.165) is 28.3 Å². The van der Waals surface area contributed by atoms with E-state index in [4.69, 9.17) is 0 Å². The Hall–Kier alpha value is -8.46. The number of para-hydroxylation sites is 1. The highest BCUT2D eigenvalue weighted by atomic mass is 15.1. The molecule has 0 bridgehead atoms. The van der Waals surface area contributed by atoms with Crippen molar-refractivity contribution in [3.8, 4) is 27.9 Å². The van der Waals surface area contributed by atoms with Gasteiger partial charge in [-0.2, -0.15) is 0 Å². The fraction of sp³-hybridized carbons (Fsp3) is 0.0159. The number of anilines is 3. The van der Waals surface area contributed by atoms with E-state index in [1.54, 1.807) is 0 Å². The predicted octanol–water partition coefficient (Wildman–Crippen LogP) is 16.6. The van der Waals surface area contributed by atoms with Crippen LogP contribution in [0.15, 0.2) is 255 Å². The van der Waals surface area contributed by atoms with Gasteiger partial charge in [0.15, 0.2) is 0 Å². The number of nitrogens with zero attached hydrogens (tertiary/aromatic N) is 2. The Kier molecular flexibility index (Phi) is 8.47. The van der Waals surface area contributed by atoms with Crippen molar-refractivity contribution in [1.82, 2.24) is 4.57 Å². The Labute approximate surface area is 378 Å². The lowest BCUT2D eigenvalue weighted by Crippen LogP contribution is -2.28. The minimum atomic E-state index is -0.530. The maximum Gasteiger partial charge on any atom is 0.0714 e. The van der Waals surface area contributed by atoms with Gasteiger partial charge < -0.3 is 9.47 Å². The van der Waals surface area contributed by atoms with Gasteiger partial charge in [-0.3, -0.25) is 0 Å². The summed E-state index contributed by atoms with van der Waals surface area (Å²) in [7, 11) is 0. The Morgan fingerprint density at radius 2 is 0.862 bits per heavy atom. The van der Waals surface area contributed by atoms with Crippen LogP contribution in [0.4, 0.5) is 17.1 Å². The molecule has 304 valence electrons. The Morgan fingerprint density at radius 1 is 0.323 bits per heavy atom. The molecule has 1 aromatic heterocycles. The van der Waals surface area contributed by atoms with Crippen LogP contribution >= 0.6 is 0 Å². The summed E-state index contributed by atoms with van der Waals surface area (Å²) in [5.41, 5.74) is 16.2. The van der Waals surface area contributed by atoms with Crippen molar-refractivity contribution in [1.29, 1.82) is 0 Å². The van der Waals surface area contributed by atoms with E-state index in [2.05, 4.69) is 264 Å². The standard InChI is InChI=1S/C63H42N2/c1-4-19-44(20-5-1)52-27-15-17-31-60(52)65-61-42-51(36-39-56(61)57-37-33-45-21-12-13-28-53(45)62(57)65)64(49-34-32-43-18-10-11-22-46(43)40-49)50-35-38-55-54-29-14-16-30-58(54)63(59(55)41-50,47-23-6-2-7-24-47)48-25-8-3-9-26-48/h1-42H. The highest BCUT2D eigenvalue weighted by Crippen LogP contribution is 2.57. The Balaban J connectivity index is 1.11.